The molecule has 0 saturated heterocycles. The molecule has 0 spiro atoms. The Hall–Kier alpha value is -2.60. The monoisotopic (exact) mass is 446 g/mol. The third kappa shape index (κ3) is 6.69. The minimum Gasteiger partial charge on any atom is -0.484 e. The van der Waals surface area contributed by atoms with Gasteiger partial charge < -0.3 is 15.0 Å². The zero-order valence-corrected chi connectivity index (χ0v) is 18.4. The SMILES string of the molecule is C[C@H](C(=O)NC1CCCCC1)N(Cc1ccccc1F)C(=O)COc1ccc(Cl)cc1. The van der Waals surface area contributed by atoms with E-state index in [1.165, 1.54) is 17.4 Å². The highest BCUT2D eigenvalue weighted by Crippen LogP contribution is 2.19. The van der Waals surface area contributed by atoms with E-state index in [2.05, 4.69) is 5.32 Å². The largest absolute Gasteiger partial charge is 0.484 e. The predicted molar refractivity (Wildman–Crippen MR) is 118 cm³/mol. The summed E-state index contributed by atoms with van der Waals surface area (Å²) >= 11 is 5.88. The van der Waals surface area contributed by atoms with E-state index < -0.39 is 17.8 Å². The normalized spacial score (nSPS) is 15.2. The first-order valence-corrected chi connectivity index (χ1v) is 11.0. The lowest BCUT2D eigenvalue weighted by Gasteiger charge is -2.31. The molecule has 1 aliphatic carbocycles. The lowest BCUT2D eigenvalue weighted by Crippen LogP contribution is -2.51. The van der Waals surface area contributed by atoms with E-state index in [9.17, 15) is 14.0 Å². The van der Waals surface area contributed by atoms with Crippen LogP contribution in [-0.2, 0) is 16.1 Å². The molecule has 0 heterocycles. The van der Waals surface area contributed by atoms with Crippen LogP contribution in [0.15, 0.2) is 48.5 Å². The van der Waals surface area contributed by atoms with Gasteiger partial charge in [-0.15, -0.1) is 0 Å². The van der Waals surface area contributed by atoms with Crippen LogP contribution < -0.4 is 10.1 Å². The number of amides is 2. The Labute approximate surface area is 187 Å². The van der Waals surface area contributed by atoms with Gasteiger partial charge >= 0.3 is 0 Å². The molecule has 0 bridgehead atoms. The minimum atomic E-state index is -0.761. The molecule has 1 aliphatic rings. The fourth-order valence-corrected chi connectivity index (χ4v) is 3.85. The van der Waals surface area contributed by atoms with Crippen molar-refractivity contribution in [1.82, 2.24) is 10.2 Å². The molecule has 1 N–H and O–H groups in total. The first kappa shape index (κ1) is 23.1. The molecule has 31 heavy (non-hydrogen) atoms. The Morgan fingerprint density at radius 1 is 1.13 bits per heavy atom. The van der Waals surface area contributed by atoms with Crippen LogP contribution in [0.25, 0.3) is 0 Å². The second kappa shape index (κ2) is 11.1. The molecule has 3 rings (SSSR count). The molecule has 0 aromatic heterocycles. The van der Waals surface area contributed by atoms with Gasteiger partial charge in [-0.2, -0.15) is 0 Å². The third-order valence-electron chi connectivity index (χ3n) is 5.59. The molecule has 1 fully saturated rings. The van der Waals surface area contributed by atoms with Gasteiger partial charge in [-0.3, -0.25) is 9.59 Å². The summed E-state index contributed by atoms with van der Waals surface area (Å²) in [5, 5.41) is 3.62. The highest BCUT2D eigenvalue weighted by atomic mass is 35.5. The lowest BCUT2D eigenvalue weighted by atomic mass is 9.95. The van der Waals surface area contributed by atoms with E-state index >= 15 is 0 Å². The van der Waals surface area contributed by atoms with Gasteiger partial charge in [-0.1, -0.05) is 49.1 Å². The van der Waals surface area contributed by atoms with Crippen molar-refractivity contribution in [2.75, 3.05) is 6.61 Å². The molecule has 2 aromatic carbocycles. The molecule has 5 nitrogen and oxygen atoms in total. The van der Waals surface area contributed by atoms with Gasteiger partial charge in [0.05, 0.1) is 0 Å². The van der Waals surface area contributed by atoms with E-state index in [1.54, 1.807) is 49.4 Å². The summed E-state index contributed by atoms with van der Waals surface area (Å²) in [5.74, 6) is -0.561. The van der Waals surface area contributed by atoms with Gasteiger partial charge in [0, 0.05) is 23.2 Å². The standard InChI is InChI=1S/C24H28ClFN2O3/c1-17(24(30)27-20-8-3-2-4-9-20)28(15-18-7-5-6-10-22(18)26)23(29)16-31-21-13-11-19(25)12-14-21/h5-7,10-14,17,20H,2-4,8-9,15-16H2,1H3,(H,27,30)/t17-/m1/s1. The Bertz CT molecular complexity index is 885. The smallest absolute Gasteiger partial charge is 0.261 e. The second-order valence-electron chi connectivity index (χ2n) is 7.88. The highest BCUT2D eigenvalue weighted by Gasteiger charge is 2.29. The number of hydrogen-bond acceptors (Lipinski definition) is 3. The Kier molecular flexibility index (Phi) is 8.29. The fourth-order valence-electron chi connectivity index (χ4n) is 3.72. The Morgan fingerprint density at radius 2 is 1.81 bits per heavy atom. The molecule has 166 valence electrons. The number of hydrogen-bond donors (Lipinski definition) is 1. The van der Waals surface area contributed by atoms with E-state index in [4.69, 9.17) is 16.3 Å². The van der Waals surface area contributed by atoms with Gasteiger partial charge in [0.15, 0.2) is 6.61 Å². The molecule has 7 heteroatoms. The zero-order chi connectivity index (χ0) is 22.2. The van der Waals surface area contributed by atoms with Crippen molar-refractivity contribution in [3.8, 4) is 5.75 Å². The molecule has 0 radical (unpaired) electrons. The van der Waals surface area contributed by atoms with Crippen LogP contribution in [0.5, 0.6) is 5.75 Å². The van der Waals surface area contributed by atoms with Crippen LogP contribution in [0.1, 0.15) is 44.6 Å². The summed E-state index contributed by atoms with van der Waals surface area (Å²) in [6.45, 7) is 1.38. The van der Waals surface area contributed by atoms with Crippen molar-refractivity contribution >= 4 is 23.4 Å². The summed E-state index contributed by atoms with van der Waals surface area (Å²) in [6, 6.07) is 12.3. The average molecular weight is 447 g/mol. The van der Waals surface area contributed by atoms with Crippen molar-refractivity contribution in [3.05, 3.63) is 64.9 Å². The summed E-state index contributed by atoms with van der Waals surface area (Å²) in [4.78, 5) is 27.3. The topological polar surface area (TPSA) is 58.6 Å². The maximum atomic E-state index is 14.3. The number of carbonyl (C=O) groups excluding carboxylic acids is 2. The number of nitrogens with zero attached hydrogens (tertiary/aromatic N) is 1. The first-order chi connectivity index (χ1) is 14.9. The van der Waals surface area contributed by atoms with Gasteiger partial charge in [0.25, 0.3) is 5.91 Å². The minimum absolute atomic E-state index is 0.0191. The molecule has 2 amide bonds. The molecule has 0 aliphatic heterocycles. The Morgan fingerprint density at radius 3 is 2.48 bits per heavy atom. The number of carbonyl (C=O) groups is 2. The summed E-state index contributed by atoms with van der Waals surface area (Å²) in [5.41, 5.74) is 0.347. The van der Waals surface area contributed by atoms with Crippen LogP contribution >= 0.6 is 11.6 Å². The summed E-state index contributed by atoms with van der Waals surface area (Å²) < 4.78 is 19.8. The highest BCUT2D eigenvalue weighted by molar-refractivity contribution is 6.30. The summed E-state index contributed by atoms with van der Waals surface area (Å²) in [6.07, 6.45) is 5.25. The van der Waals surface area contributed by atoms with Crippen LogP contribution in [0.3, 0.4) is 0 Å². The Balaban J connectivity index is 1.71. The number of ether oxygens (including phenoxy) is 1. The van der Waals surface area contributed by atoms with Crippen molar-refractivity contribution in [3.63, 3.8) is 0 Å². The molecule has 1 atom stereocenters. The summed E-state index contributed by atoms with van der Waals surface area (Å²) in [7, 11) is 0. The van der Waals surface area contributed by atoms with Crippen molar-refractivity contribution < 1.29 is 18.7 Å². The molecular formula is C24H28ClFN2O3. The van der Waals surface area contributed by atoms with Gasteiger partial charge in [-0.05, 0) is 50.1 Å². The quantitative estimate of drug-likeness (QED) is 0.638. The van der Waals surface area contributed by atoms with Gasteiger partial charge in [-0.25, -0.2) is 4.39 Å². The molecular weight excluding hydrogens is 419 g/mol. The zero-order valence-electron chi connectivity index (χ0n) is 17.7. The van der Waals surface area contributed by atoms with E-state index in [-0.39, 0.29) is 25.1 Å². The number of rotatable bonds is 8. The van der Waals surface area contributed by atoms with Crippen molar-refractivity contribution in [2.45, 2.75) is 57.7 Å². The van der Waals surface area contributed by atoms with Crippen molar-refractivity contribution in [2.24, 2.45) is 0 Å². The van der Waals surface area contributed by atoms with Gasteiger partial charge in [0.2, 0.25) is 5.91 Å². The molecule has 2 aromatic rings. The van der Waals surface area contributed by atoms with Crippen LogP contribution in [0.4, 0.5) is 4.39 Å². The first-order valence-electron chi connectivity index (χ1n) is 10.7. The van der Waals surface area contributed by atoms with Crippen LogP contribution in [-0.4, -0.2) is 35.4 Å². The molecule has 1 saturated carbocycles. The van der Waals surface area contributed by atoms with Crippen LogP contribution in [0, 0.1) is 5.82 Å². The maximum Gasteiger partial charge on any atom is 0.261 e. The van der Waals surface area contributed by atoms with E-state index in [0.29, 0.717) is 16.3 Å². The lowest BCUT2D eigenvalue weighted by molar-refractivity contribution is -0.142. The number of halogens is 2. The second-order valence-corrected chi connectivity index (χ2v) is 8.31. The van der Waals surface area contributed by atoms with Gasteiger partial charge in [0.1, 0.15) is 17.6 Å². The van der Waals surface area contributed by atoms with E-state index in [1.807, 2.05) is 0 Å². The predicted octanol–water partition coefficient (Wildman–Crippen LogP) is 4.72. The number of benzene rings is 2. The molecule has 0 unspecified atom stereocenters. The fraction of sp³-hybridized carbons (Fsp3) is 0.417. The average Bonchev–Trinajstić information content (AvgIpc) is 2.78. The van der Waals surface area contributed by atoms with E-state index in [0.717, 1.165) is 25.7 Å². The number of nitrogens with one attached hydrogen (secondary N) is 1. The van der Waals surface area contributed by atoms with Crippen molar-refractivity contribution in [1.29, 1.82) is 0 Å². The van der Waals surface area contributed by atoms with Crippen LogP contribution in [0.2, 0.25) is 5.02 Å². The third-order valence-corrected chi connectivity index (χ3v) is 5.85. The maximum absolute atomic E-state index is 14.3.